The van der Waals surface area contributed by atoms with Gasteiger partial charge in [0.25, 0.3) is 0 Å². The highest BCUT2D eigenvalue weighted by molar-refractivity contribution is 9.10. The number of hydrogen-bond acceptors (Lipinski definition) is 3. The maximum absolute atomic E-state index is 12.8. The Balaban J connectivity index is 1.99. The van der Waals surface area contributed by atoms with E-state index in [0.717, 1.165) is 21.3 Å². The lowest BCUT2D eigenvalue weighted by Gasteiger charge is -2.28. The highest BCUT2D eigenvalue weighted by Crippen LogP contribution is 2.29. The van der Waals surface area contributed by atoms with Gasteiger partial charge in [0.05, 0.1) is 25.4 Å². The highest BCUT2D eigenvalue weighted by Gasteiger charge is 2.23. The molecule has 0 bridgehead atoms. The molecule has 2 aromatic rings. The van der Waals surface area contributed by atoms with E-state index in [1.54, 1.807) is 7.05 Å². The Kier molecular flexibility index (Phi) is 7.17. The molecule has 0 unspecified atom stereocenters. The van der Waals surface area contributed by atoms with Crippen LogP contribution in [0.3, 0.4) is 0 Å². The molecule has 2 amide bonds. The Labute approximate surface area is 162 Å². The largest absolute Gasteiger partial charge is 0.375 e. The molecule has 6 nitrogen and oxygen atoms in total. The zero-order valence-electron chi connectivity index (χ0n) is 14.9. The summed E-state index contributed by atoms with van der Waals surface area (Å²) in [6, 6.07) is 15.1. The number of halogens is 1. The molecule has 0 radical (unpaired) electrons. The summed E-state index contributed by atoms with van der Waals surface area (Å²) in [6.45, 7) is 2.85. The van der Waals surface area contributed by atoms with Gasteiger partial charge < -0.3 is 10.5 Å². The topological polar surface area (TPSA) is 82.7 Å². The second-order valence-electron chi connectivity index (χ2n) is 5.82. The number of ether oxygens (including phenoxy) is 1. The number of nitrogens with two attached hydrogens (primary N) is 1. The van der Waals surface area contributed by atoms with Crippen LogP contribution in [0.1, 0.15) is 11.1 Å². The summed E-state index contributed by atoms with van der Waals surface area (Å²) in [6.07, 6.45) is 0. The lowest BCUT2D eigenvalue weighted by Crippen LogP contribution is -2.49. The van der Waals surface area contributed by atoms with Crippen LogP contribution in [0.25, 0.3) is 0 Å². The van der Waals surface area contributed by atoms with Gasteiger partial charge in [0.15, 0.2) is 5.96 Å². The highest BCUT2D eigenvalue weighted by atomic mass is 79.9. The molecule has 0 saturated carbocycles. The number of anilines is 1. The van der Waals surface area contributed by atoms with Gasteiger partial charge in [-0.2, -0.15) is 0 Å². The minimum atomic E-state index is -0.379. The number of nitrogens with one attached hydrogen (secondary N) is 1. The molecule has 0 aliphatic carbocycles. The first kappa shape index (κ1) is 19.9. The summed E-state index contributed by atoms with van der Waals surface area (Å²) in [7, 11) is 1.66. The second kappa shape index (κ2) is 9.35. The number of benzene rings is 2. The Bertz CT molecular complexity index is 747. The molecule has 0 atom stereocenters. The summed E-state index contributed by atoms with van der Waals surface area (Å²) in [4.78, 5) is 15.5. The molecule has 26 heavy (non-hydrogen) atoms. The van der Waals surface area contributed by atoms with E-state index in [-0.39, 0.29) is 25.1 Å². The number of urea groups is 1. The fraction of sp³-hybridized carbons (Fsp3) is 0.263. The zero-order chi connectivity index (χ0) is 19.1. The van der Waals surface area contributed by atoms with Gasteiger partial charge in [0, 0.05) is 11.5 Å². The molecular formula is C19H23BrN4O2. The van der Waals surface area contributed by atoms with E-state index in [9.17, 15) is 4.79 Å². The van der Waals surface area contributed by atoms with Gasteiger partial charge >= 0.3 is 6.03 Å². The van der Waals surface area contributed by atoms with Crippen LogP contribution in [0.5, 0.6) is 0 Å². The fourth-order valence-corrected chi connectivity index (χ4v) is 3.30. The standard InChI is InChI=1S/C19H23BrN4O2/c1-14-7-6-10-16(20)17(14)23(2)19(25)24(18(21)22)11-12-26-13-15-8-4-3-5-9-15/h3-10H,11-13H2,1-2H3,(H3,21,22). The van der Waals surface area contributed by atoms with Crippen LogP contribution in [0.2, 0.25) is 0 Å². The molecule has 7 heteroatoms. The molecule has 3 N–H and O–H groups in total. The van der Waals surface area contributed by atoms with Crippen LogP contribution < -0.4 is 10.6 Å². The van der Waals surface area contributed by atoms with Gasteiger partial charge in [-0.05, 0) is 40.0 Å². The first-order chi connectivity index (χ1) is 12.4. The van der Waals surface area contributed by atoms with Gasteiger partial charge in [-0.15, -0.1) is 0 Å². The van der Waals surface area contributed by atoms with E-state index in [2.05, 4.69) is 15.9 Å². The molecule has 0 spiro atoms. The minimum absolute atomic E-state index is 0.203. The smallest absolute Gasteiger partial charge is 0.331 e. The third kappa shape index (κ3) is 5.06. The number of carbonyl (C=O) groups is 1. The summed E-state index contributed by atoms with van der Waals surface area (Å²) in [5, 5.41) is 7.73. The summed E-state index contributed by atoms with van der Waals surface area (Å²) >= 11 is 3.47. The summed E-state index contributed by atoms with van der Waals surface area (Å²) in [5.74, 6) is -0.310. The van der Waals surface area contributed by atoms with Crippen molar-refractivity contribution in [1.82, 2.24) is 4.90 Å². The van der Waals surface area contributed by atoms with Crippen molar-refractivity contribution >= 4 is 33.6 Å². The average molecular weight is 419 g/mol. The number of nitrogens with zero attached hydrogens (tertiary/aromatic N) is 2. The monoisotopic (exact) mass is 418 g/mol. The zero-order valence-corrected chi connectivity index (χ0v) is 16.5. The number of carbonyl (C=O) groups excluding carboxylic acids is 1. The molecule has 0 aliphatic heterocycles. The molecule has 0 aromatic heterocycles. The quantitative estimate of drug-likeness (QED) is 0.425. The van der Waals surface area contributed by atoms with Crippen molar-refractivity contribution in [2.45, 2.75) is 13.5 Å². The van der Waals surface area contributed by atoms with Crippen molar-refractivity contribution in [3.63, 3.8) is 0 Å². The van der Waals surface area contributed by atoms with Crippen LogP contribution in [0.4, 0.5) is 10.5 Å². The molecule has 0 saturated heterocycles. The van der Waals surface area contributed by atoms with Crippen molar-refractivity contribution in [2.75, 3.05) is 25.1 Å². The number of aryl methyl sites for hydroxylation is 1. The molecule has 2 rings (SSSR count). The van der Waals surface area contributed by atoms with E-state index in [0.29, 0.717) is 6.61 Å². The maximum Gasteiger partial charge on any atom is 0.331 e. The normalized spacial score (nSPS) is 10.4. The van der Waals surface area contributed by atoms with Crippen LogP contribution in [-0.2, 0) is 11.3 Å². The average Bonchev–Trinajstić information content (AvgIpc) is 2.61. The van der Waals surface area contributed by atoms with Gasteiger partial charge in [0.2, 0.25) is 0 Å². The van der Waals surface area contributed by atoms with E-state index < -0.39 is 0 Å². The van der Waals surface area contributed by atoms with Crippen LogP contribution >= 0.6 is 15.9 Å². The van der Waals surface area contributed by atoms with E-state index in [1.807, 2.05) is 55.5 Å². The van der Waals surface area contributed by atoms with E-state index in [4.69, 9.17) is 15.9 Å². The second-order valence-corrected chi connectivity index (χ2v) is 6.68. The van der Waals surface area contributed by atoms with E-state index >= 15 is 0 Å². The van der Waals surface area contributed by atoms with Crippen molar-refractivity contribution in [3.05, 3.63) is 64.1 Å². The Morgan fingerprint density at radius 3 is 2.50 bits per heavy atom. The third-order valence-corrected chi connectivity index (χ3v) is 4.54. The lowest BCUT2D eigenvalue weighted by molar-refractivity contribution is 0.111. The predicted molar refractivity (Wildman–Crippen MR) is 107 cm³/mol. The number of para-hydroxylation sites is 1. The molecule has 2 aromatic carbocycles. The third-order valence-electron chi connectivity index (χ3n) is 3.90. The van der Waals surface area contributed by atoms with Gasteiger partial charge in [0.1, 0.15) is 0 Å². The minimum Gasteiger partial charge on any atom is -0.375 e. The van der Waals surface area contributed by atoms with Gasteiger partial charge in [-0.1, -0.05) is 42.5 Å². The Morgan fingerprint density at radius 2 is 1.88 bits per heavy atom. The van der Waals surface area contributed by atoms with Crippen molar-refractivity contribution in [1.29, 1.82) is 5.41 Å². The SMILES string of the molecule is Cc1cccc(Br)c1N(C)C(=O)N(CCOCc1ccccc1)C(=N)N. The van der Waals surface area contributed by atoms with Gasteiger partial charge in [-0.25, -0.2) is 4.79 Å². The van der Waals surface area contributed by atoms with Crippen LogP contribution in [0.15, 0.2) is 53.0 Å². The van der Waals surface area contributed by atoms with Crippen LogP contribution in [-0.4, -0.2) is 37.1 Å². The van der Waals surface area contributed by atoms with Gasteiger partial charge in [-0.3, -0.25) is 15.2 Å². The molecule has 0 aliphatic rings. The Hall–Kier alpha value is -2.38. The van der Waals surface area contributed by atoms with Crippen molar-refractivity contribution in [2.24, 2.45) is 5.73 Å². The van der Waals surface area contributed by atoms with Crippen molar-refractivity contribution in [3.8, 4) is 0 Å². The number of rotatable bonds is 6. The number of amides is 2. The molecule has 0 heterocycles. The molecule has 0 fully saturated rings. The predicted octanol–water partition coefficient (Wildman–Crippen LogP) is 3.73. The van der Waals surface area contributed by atoms with E-state index in [1.165, 1.54) is 9.80 Å². The van der Waals surface area contributed by atoms with Crippen LogP contribution in [0, 0.1) is 12.3 Å². The Morgan fingerprint density at radius 1 is 1.19 bits per heavy atom. The summed E-state index contributed by atoms with van der Waals surface area (Å²) in [5.41, 5.74) is 8.36. The number of hydrogen-bond donors (Lipinski definition) is 2. The lowest BCUT2D eigenvalue weighted by atomic mass is 10.2. The molecular weight excluding hydrogens is 396 g/mol. The first-order valence-corrected chi connectivity index (χ1v) is 8.97. The number of guanidine groups is 1. The maximum atomic E-state index is 12.8. The first-order valence-electron chi connectivity index (χ1n) is 8.18. The summed E-state index contributed by atoms with van der Waals surface area (Å²) < 4.78 is 6.41. The fourth-order valence-electron chi connectivity index (χ4n) is 2.56. The van der Waals surface area contributed by atoms with Crippen molar-refractivity contribution < 1.29 is 9.53 Å². The molecule has 138 valence electrons.